The lowest BCUT2D eigenvalue weighted by atomic mass is 9.96. The number of piperidine rings is 1. The summed E-state index contributed by atoms with van der Waals surface area (Å²) in [4.78, 5) is 27.6. The number of carbonyl (C=O) groups is 2. The Morgan fingerprint density at radius 2 is 1.62 bits per heavy atom. The number of amides is 2. The lowest BCUT2D eigenvalue weighted by Crippen LogP contribution is -2.39. The number of likely N-dealkylation sites (tertiary alicyclic amines) is 1. The van der Waals surface area contributed by atoms with Crippen molar-refractivity contribution >= 4 is 22.7 Å². The molecule has 1 fully saturated rings. The van der Waals surface area contributed by atoms with Crippen LogP contribution in [0, 0.1) is 19.8 Å². The van der Waals surface area contributed by atoms with Gasteiger partial charge in [0, 0.05) is 56.0 Å². The molecule has 4 aromatic rings. The third-order valence-electron chi connectivity index (χ3n) is 7.55. The number of nitrogens with one attached hydrogen (secondary N) is 1. The van der Waals surface area contributed by atoms with Crippen molar-refractivity contribution in [2.45, 2.75) is 33.2 Å². The second kappa shape index (κ2) is 12.3. The van der Waals surface area contributed by atoms with Crippen molar-refractivity contribution in [3.05, 3.63) is 89.1 Å². The predicted octanol–water partition coefficient (Wildman–Crippen LogP) is 5.37. The summed E-state index contributed by atoms with van der Waals surface area (Å²) in [6.45, 7) is 7.18. The van der Waals surface area contributed by atoms with Gasteiger partial charge in [-0.3, -0.25) is 14.3 Å². The molecule has 0 bridgehead atoms. The molecule has 1 N–H and O–H groups in total. The van der Waals surface area contributed by atoms with Gasteiger partial charge in [-0.15, -0.1) is 0 Å². The van der Waals surface area contributed by atoms with Crippen molar-refractivity contribution < 1.29 is 19.1 Å². The van der Waals surface area contributed by atoms with Crippen molar-refractivity contribution in [1.29, 1.82) is 0 Å². The molecule has 5 rings (SSSR count). The summed E-state index contributed by atoms with van der Waals surface area (Å²) in [5.41, 5.74) is 4.32. The number of methoxy groups -OCH3 is 1. The molecule has 3 aromatic carbocycles. The Balaban J connectivity index is 1.15. The number of carbonyl (C=O) groups excluding carboxylic acids is 2. The number of hydrogen-bond donors (Lipinski definition) is 1. The van der Waals surface area contributed by atoms with E-state index < -0.39 is 0 Å². The van der Waals surface area contributed by atoms with Crippen LogP contribution in [0.5, 0.6) is 11.5 Å². The molecular formula is C32H36N4O4. The van der Waals surface area contributed by atoms with Crippen LogP contribution in [-0.2, 0) is 11.3 Å². The van der Waals surface area contributed by atoms with Gasteiger partial charge in [0.15, 0.2) is 0 Å². The summed E-state index contributed by atoms with van der Waals surface area (Å²) in [6.07, 6.45) is 3.87. The van der Waals surface area contributed by atoms with Crippen LogP contribution >= 0.6 is 0 Å². The van der Waals surface area contributed by atoms with Crippen molar-refractivity contribution in [2.24, 2.45) is 5.92 Å². The van der Waals surface area contributed by atoms with E-state index in [0.717, 1.165) is 54.7 Å². The average Bonchev–Trinajstić information content (AvgIpc) is 3.38. The van der Waals surface area contributed by atoms with E-state index in [1.54, 1.807) is 7.11 Å². The number of rotatable bonds is 9. The van der Waals surface area contributed by atoms with Gasteiger partial charge < -0.3 is 19.7 Å². The van der Waals surface area contributed by atoms with E-state index in [0.29, 0.717) is 35.9 Å². The third-order valence-corrected chi connectivity index (χ3v) is 7.55. The maximum atomic E-state index is 13.1. The molecule has 2 heterocycles. The Morgan fingerprint density at radius 3 is 2.30 bits per heavy atom. The molecule has 208 valence electrons. The van der Waals surface area contributed by atoms with Gasteiger partial charge in [-0.1, -0.05) is 17.7 Å². The van der Waals surface area contributed by atoms with E-state index >= 15 is 0 Å². The van der Waals surface area contributed by atoms with Crippen molar-refractivity contribution in [3.63, 3.8) is 0 Å². The first kappa shape index (κ1) is 27.4. The minimum atomic E-state index is -0.102. The second-order valence-electron chi connectivity index (χ2n) is 10.4. The zero-order valence-electron chi connectivity index (χ0n) is 23.4. The Labute approximate surface area is 234 Å². The average molecular weight is 541 g/mol. The fraction of sp³-hybridized carbons (Fsp3) is 0.344. The van der Waals surface area contributed by atoms with Gasteiger partial charge in [0.25, 0.3) is 11.8 Å². The van der Waals surface area contributed by atoms with Crippen LogP contribution in [0.4, 0.5) is 0 Å². The molecule has 1 saturated heterocycles. The number of aromatic nitrogens is 2. The monoisotopic (exact) mass is 540 g/mol. The zero-order chi connectivity index (χ0) is 28.1. The summed E-state index contributed by atoms with van der Waals surface area (Å²) >= 11 is 0. The van der Waals surface area contributed by atoms with Gasteiger partial charge in [0.2, 0.25) is 0 Å². The highest BCUT2D eigenvalue weighted by Gasteiger charge is 2.24. The first-order chi connectivity index (χ1) is 19.4. The third kappa shape index (κ3) is 6.34. The quantitative estimate of drug-likeness (QED) is 0.288. The Hall–Kier alpha value is -4.17. The van der Waals surface area contributed by atoms with E-state index in [4.69, 9.17) is 14.6 Å². The molecule has 0 aliphatic carbocycles. The van der Waals surface area contributed by atoms with Crippen LogP contribution in [0.15, 0.2) is 66.9 Å². The topological polar surface area (TPSA) is 85.7 Å². The molecule has 0 saturated carbocycles. The predicted molar refractivity (Wildman–Crippen MR) is 155 cm³/mol. The standard InChI is InChI=1S/C32H36N4O4/c1-22-4-8-26(9-5-22)40-27-10-6-25(7-11-27)32(38)35-17-14-24(15-18-35)20-36-21-29-23(2)28(12-13-30(29)34-36)31(37)33-16-19-39-3/h4-13,21,24H,14-20H2,1-3H3,(H,33,37). The van der Waals surface area contributed by atoms with Gasteiger partial charge in [-0.05, 0) is 86.7 Å². The molecule has 2 amide bonds. The van der Waals surface area contributed by atoms with Crippen molar-refractivity contribution in [3.8, 4) is 11.5 Å². The highest BCUT2D eigenvalue weighted by atomic mass is 16.5. The number of nitrogens with zero attached hydrogens (tertiary/aromatic N) is 3. The minimum Gasteiger partial charge on any atom is -0.457 e. The lowest BCUT2D eigenvalue weighted by Gasteiger charge is -2.32. The second-order valence-corrected chi connectivity index (χ2v) is 10.4. The van der Waals surface area contributed by atoms with Gasteiger partial charge in [-0.25, -0.2) is 0 Å². The molecule has 40 heavy (non-hydrogen) atoms. The van der Waals surface area contributed by atoms with Crippen LogP contribution in [0.25, 0.3) is 10.9 Å². The minimum absolute atomic E-state index is 0.0529. The molecule has 1 aliphatic rings. The largest absolute Gasteiger partial charge is 0.457 e. The van der Waals surface area contributed by atoms with E-state index in [2.05, 4.69) is 5.32 Å². The summed E-state index contributed by atoms with van der Waals surface area (Å²) < 4.78 is 12.9. The number of ether oxygens (including phenoxy) is 2. The first-order valence-electron chi connectivity index (χ1n) is 13.8. The Bertz CT molecular complexity index is 1470. The summed E-state index contributed by atoms with van der Waals surface area (Å²) in [6, 6.07) is 19.0. The van der Waals surface area contributed by atoms with Crippen molar-refractivity contribution in [2.75, 3.05) is 33.4 Å². The zero-order valence-corrected chi connectivity index (χ0v) is 23.4. The molecule has 1 aromatic heterocycles. The molecule has 8 nitrogen and oxygen atoms in total. The maximum absolute atomic E-state index is 13.1. The van der Waals surface area contributed by atoms with Crippen LogP contribution < -0.4 is 10.1 Å². The van der Waals surface area contributed by atoms with E-state index in [9.17, 15) is 9.59 Å². The Morgan fingerprint density at radius 1 is 0.950 bits per heavy atom. The fourth-order valence-electron chi connectivity index (χ4n) is 5.16. The van der Waals surface area contributed by atoms with Crippen LogP contribution in [0.2, 0.25) is 0 Å². The molecule has 0 radical (unpaired) electrons. The summed E-state index contributed by atoms with van der Waals surface area (Å²) in [5.74, 6) is 1.86. The lowest BCUT2D eigenvalue weighted by molar-refractivity contribution is 0.0681. The van der Waals surface area contributed by atoms with Gasteiger partial charge in [0.1, 0.15) is 11.5 Å². The van der Waals surface area contributed by atoms with Crippen molar-refractivity contribution in [1.82, 2.24) is 20.0 Å². The maximum Gasteiger partial charge on any atom is 0.253 e. The summed E-state index contributed by atoms with van der Waals surface area (Å²) in [7, 11) is 1.61. The highest BCUT2D eigenvalue weighted by Crippen LogP contribution is 2.26. The number of aryl methyl sites for hydroxylation is 2. The SMILES string of the molecule is COCCNC(=O)c1ccc2nn(CC3CCN(C(=O)c4ccc(Oc5ccc(C)cc5)cc4)CC3)cc2c1C. The van der Waals surface area contributed by atoms with Gasteiger partial charge >= 0.3 is 0 Å². The number of hydrogen-bond acceptors (Lipinski definition) is 5. The molecule has 0 unspecified atom stereocenters. The first-order valence-corrected chi connectivity index (χ1v) is 13.8. The molecular weight excluding hydrogens is 504 g/mol. The van der Waals surface area contributed by atoms with Gasteiger partial charge in [-0.2, -0.15) is 5.10 Å². The van der Waals surface area contributed by atoms with E-state index in [-0.39, 0.29) is 11.8 Å². The molecule has 1 aliphatic heterocycles. The van der Waals surface area contributed by atoms with Gasteiger partial charge in [0.05, 0.1) is 12.1 Å². The van der Waals surface area contributed by atoms with Crippen LogP contribution in [0.3, 0.4) is 0 Å². The molecule has 8 heteroatoms. The summed E-state index contributed by atoms with van der Waals surface area (Å²) in [5, 5.41) is 8.64. The molecule has 0 spiro atoms. The molecule has 0 atom stereocenters. The Kier molecular flexibility index (Phi) is 8.45. The van der Waals surface area contributed by atoms with Crippen LogP contribution in [0.1, 0.15) is 44.7 Å². The highest BCUT2D eigenvalue weighted by molar-refractivity contribution is 6.00. The normalized spacial score (nSPS) is 13.9. The van der Waals surface area contributed by atoms with E-state index in [1.165, 1.54) is 5.56 Å². The fourth-order valence-corrected chi connectivity index (χ4v) is 5.16. The number of benzene rings is 3. The smallest absolute Gasteiger partial charge is 0.253 e. The van der Waals surface area contributed by atoms with Crippen LogP contribution in [-0.4, -0.2) is 59.8 Å². The number of fused-ring (bicyclic) bond motifs is 1. The van der Waals surface area contributed by atoms with E-state index in [1.807, 2.05) is 90.3 Å².